The Morgan fingerprint density at radius 2 is 0.800 bits per heavy atom. The Labute approximate surface area is 376 Å². The lowest BCUT2D eigenvalue weighted by Gasteiger charge is -2.21. The van der Waals surface area contributed by atoms with Gasteiger partial charge in [-0.15, -0.1) is 0 Å². The molecule has 0 spiro atoms. The number of hydrogen-bond donors (Lipinski definition) is 0. The molecular weight excluding hydrogens is 791 g/mol. The topological polar surface area (TPSA) is 48.5 Å². The van der Waals surface area contributed by atoms with Gasteiger partial charge >= 0.3 is 0 Å². The van der Waals surface area contributed by atoms with Crippen molar-refractivity contribution in [1.29, 1.82) is 0 Å². The number of para-hydroxylation sites is 3. The zero-order valence-electron chi connectivity index (χ0n) is 35.9. The van der Waals surface area contributed by atoms with Gasteiger partial charge < -0.3 is 9.13 Å². The second-order valence-corrected chi connectivity index (χ2v) is 17.6. The third-order valence-corrected chi connectivity index (χ3v) is 13.6. The Hall–Kier alpha value is -8.41. The maximum atomic E-state index is 5.32. The molecule has 0 N–H and O–H groups in total. The highest BCUT2D eigenvalue weighted by atomic mass is 15.0. The van der Waals surface area contributed by atoms with Crippen molar-refractivity contribution in [1.82, 2.24) is 24.1 Å². The molecule has 3 heterocycles. The molecule has 0 fully saturated rings. The molecule has 0 radical (unpaired) electrons. The Morgan fingerprint density at radius 1 is 0.338 bits per heavy atom. The Morgan fingerprint density at radius 3 is 1.43 bits per heavy atom. The van der Waals surface area contributed by atoms with Crippen LogP contribution in [0, 0.1) is 0 Å². The molecule has 65 heavy (non-hydrogen) atoms. The molecule has 0 saturated heterocycles. The molecule has 0 saturated carbocycles. The van der Waals surface area contributed by atoms with Crippen LogP contribution in [0.3, 0.4) is 0 Å². The van der Waals surface area contributed by atoms with Crippen LogP contribution >= 0.6 is 0 Å². The molecule has 0 amide bonds. The standard InChI is InChI=1S/C60H41N5/c1-60(2)50-26-10-6-25-49(50)55-51(60)35-34-48-47-24-9-13-29-54(47)65(56(48)55)44-21-15-19-42(37-44)59-62-57(40-32-30-39(31-33-40)38-16-4-3-5-17-38)61-58(63-59)41-18-14-20-43(36-41)64-52-27-11-7-22-45(52)46-23-8-12-28-53(46)64/h3-37H,1-2H3. The maximum Gasteiger partial charge on any atom is 0.164 e. The highest BCUT2D eigenvalue weighted by molar-refractivity contribution is 6.16. The first-order valence-electron chi connectivity index (χ1n) is 22.3. The molecule has 12 aromatic rings. The summed E-state index contributed by atoms with van der Waals surface area (Å²) in [6.07, 6.45) is 0. The van der Waals surface area contributed by atoms with Crippen LogP contribution in [0.25, 0.3) is 111 Å². The van der Waals surface area contributed by atoms with E-state index in [-0.39, 0.29) is 5.41 Å². The van der Waals surface area contributed by atoms with Crippen molar-refractivity contribution in [2.24, 2.45) is 0 Å². The maximum absolute atomic E-state index is 5.32. The zero-order valence-corrected chi connectivity index (χ0v) is 35.9. The van der Waals surface area contributed by atoms with Gasteiger partial charge in [0.15, 0.2) is 17.5 Å². The SMILES string of the molecule is CC1(C)c2ccccc2-c2c1ccc1c3ccccc3n(-c3cccc(-c4nc(-c5ccc(-c6ccccc6)cc5)nc(-c5cccc(-n6c7ccccc7c7ccccc76)c5)n4)c3)c21. The summed E-state index contributed by atoms with van der Waals surface area (Å²) in [5, 5.41) is 4.91. The smallest absolute Gasteiger partial charge is 0.164 e. The Bertz CT molecular complexity index is 3800. The van der Waals surface area contributed by atoms with Gasteiger partial charge in [0.2, 0.25) is 0 Å². The van der Waals surface area contributed by atoms with Crippen LogP contribution in [-0.4, -0.2) is 24.1 Å². The van der Waals surface area contributed by atoms with E-state index in [1.165, 1.54) is 49.3 Å². The number of benzene rings is 9. The summed E-state index contributed by atoms with van der Waals surface area (Å²) in [6.45, 7) is 4.70. The molecular formula is C60H41N5. The highest BCUT2D eigenvalue weighted by Crippen LogP contribution is 2.53. The van der Waals surface area contributed by atoms with Crippen molar-refractivity contribution in [3.63, 3.8) is 0 Å². The molecule has 5 heteroatoms. The van der Waals surface area contributed by atoms with Gasteiger partial charge in [0.05, 0.1) is 22.1 Å². The summed E-state index contributed by atoms with van der Waals surface area (Å²) in [7, 11) is 0. The average molecular weight is 832 g/mol. The van der Waals surface area contributed by atoms with Crippen LogP contribution in [-0.2, 0) is 5.41 Å². The lowest BCUT2D eigenvalue weighted by Crippen LogP contribution is -2.14. The van der Waals surface area contributed by atoms with E-state index >= 15 is 0 Å². The van der Waals surface area contributed by atoms with Crippen LogP contribution in [0.2, 0.25) is 0 Å². The average Bonchev–Trinajstić information content (AvgIpc) is 3.97. The van der Waals surface area contributed by atoms with E-state index in [2.05, 4.69) is 229 Å². The van der Waals surface area contributed by atoms with Crippen LogP contribution in [0.4, 0.5) is 0 Å². The van der Waals surface area contributed by atoms with Crippen molar-refractivity contribution >= 4 is 43.6 Å². The van der Waals surface area contributed by atoms with Gasteiger partial charge in [-0.2, -0.15) is 0 Å². The van der Waals surface area contributed by atoms with Gasteiger partial charge in [0, 0.05) is 60.6 Å². The van der Waals surface area contributed by atoms with Crippen molar-refractivity contribution in [2.75, 3.05) is 0 Å². The molecule has 0 unspecified atom stereocenters. The monoisotopic (exact) mass is 831 g/mol. The fraction of sp³-hybridized carbons (Fsp3) is 0.0500. The van der Waals surface area contributed by atoms with Crippen molar-refractivity contribution in [2.45, 2.75) is 19.3 Å². The summed E-state index contributed by atoms with van der Waals surface area (Å²) in [4.78, 5) is 15.8. The van der Waals surface area contributed by atoms with E-state index in [0.717, 1.165) is 55.7 Å². The Balaban J connectivity index is 1.01. The molecule has 0 aliphatic heterocycles. The van der Waals surface area contributed by atoms with E-state index in [1.54, 1.807) is 0 Å². The zero-order chi connectivity index (χ0) is 43.2. The fourth-order valence-corrected chi connectivity index (χ4v) is 10.5. The molecule has 5 nitrogen and oxygen atoms in total. The van der Waals surface area contributed by atoms with Crippen LogP contribution in [0.1, 0.15) is 25.0 Å². The first-order valence-corrected chi connectivity index (χ1v) is 22.3. The van der Waals surface area contributed by atoms with Gasteiger partial charge in [-0.05, 0) is 70.3 Å². The number of hydrogen-bond acceptors (Lipinski definition) is 3. The van der Waals surface area contributed by atoms with Crippen LogP contribution in [0.15, 0.2) is 212 Å². The largest absolute Gasteiger partial charge is 0.309 e. The summed E-state index contributed by atoms with van der Waals surface area (Å²) >= 11 is 0. The molecule has 13 rings (SSSR count). The quantitative estimate of drug-likeness (QED) is 0.168. The first-order chi connectivity index (χ1) is 32.0. The summed E-state index contributed by atoms with van der Waals surface area (Å²) in [6, 6.07) is 75.9. The number of rotatable bonds is 6. The predicted molar refractivity (Wildman–Crippen MR) is 268 cm³/mol. The normalized spacial score (nSPS) is 12.9. The summed E-state index contributed by atoms with van der Waals surface area (Å²) < 4.78 is 4.79. The van der Waals surface area contributed by atoms with Crippen LogP contribution in [0.5, 0.6) is 0 Å². The van der Waals surface area contributed by atoms with Gasteiger partial charge in [0.1, 0.15) is 0 Å². The van der Waals surface area contributed by atoms with Gasteiger partial charge in [0.25, 0.3) is 0 Å². The highest BCUT2D eigenvalue weighted by Gasteiger charge is 2.37. The van der Waals surface area contributed by atoms with Crippen molar-refractivity contribution < 1.29 is 0 Å². The molecule has 0 atom stereocenters. The van der Waals surface area contributed by atoms with Crippen molar-refractivity contribution in [3.05, 3.63) is 223 Å². The van der Waals surface area contributed by atoms with Gasteiger partial charge in [-0.25, -0.2) is 15.0 Å². The Kier molecular flexibility index (Phi) is 8.18. The molecule has 0 bridgehead atoms. The lowest BCUT2D eigenvalue weighted by molar-refractivity contribution is 0.661. The van der Waals surface area contributed by atoms with E-state index in [9.17, 15) is 0 Å². The fourth-order valence-electron chi connectivity index (χ4n) is 10.5. The predicted octanol–water partition coefficient (Wildman–Crippen LogP) is 15.0. The first kappa shape index (κ1) is 37.2. The minimum Gasteiger partial charge on any atom is -0.309 e. The molecule has 306 valence electrons. The van der Waals surface area contributed by atoms with Crippen molar-refractivity contribution in [3.8, 4) is 67.8 Å². The molecule has 1 aliphatic carbocycles. The van der Waals surface area contributed by atoms with E-state index in [4.69, 9.17) is 15.0 Å². The van der Waals surface area contributed by atoms with E-state index in [0.29, 0.717) is 17.5 Å². The van der Waals surface area contributed by atoms with Gasteiger partial charge in [-0.1, -0.05) is 184 Å². The number of fused-ring (bicyclic) bond motifs is 10. The second kappa shape index (κ2) is 14.3. The third-order valence-electron chi connectivity index (χ3n) is 13.6. The second-order valence-electron chi connectivity index (χ2n) is 17.6. The van der Waals surface area contributed by atoms with Gasteiger partial charge in [-0.3, -0.25) is 0 Å². The molecule has 9 aromatic carbocycles. The minimum atomic E-state index is -0.126. The lowest BCUT2D eigenvalue weighted by atomic mass is 9.82. The number of nitrogens with zero attached hydrogens (tertiary/aromatic N) is 5. The summed E-state index contributed by atoms with van der Waals surface area (Å²) in [5.41, 5.74) is 17.0. The number of aromatic nitrogens is 5. The van der Waals surface area contributed by atoms with E-state index < -0.39 is 0 Å². The molecule has 3 aromatic heterocycles. The third kappa shape index (κ3) is 5.75. The summed E-state index contributed by atoms with van der Waals surface area (Å²) in [5.74, 6) is 1.84. The van der Waals surface area contributed by atoms with Crippen LogP contribution < -0.4 is 0 Å². The minimum absolute atomic E-state index is 0.126. The molecule has 1 aliphatic rings. The van der Waals surface area contributed by atoms with E-state index in [1.807, 2.05) is 6.07 Å².